The lowest BCUT2D eigenvalue weighted by Crippen LogP contribution is -2.26. The van der Waals surface area contributed by atoms with Gasteiger partial charge in [-0.05, 0) is 12.1 Å². The van der Waals surface area contributed by atoms with Crippen molar-refractivity contribution < 1.29 is 22.3 Å². The first kappa shape index (κ1) is 20.9. The van der Waals surface area contributed by atoms with Crippen molar-refractivity contribution in [3.63, 3.8) is 0 Å². The van der Waals surface area contributed by atoms with Crippen LogP contribution in [0.2, 0.25) is 0 Å². The fourth-order valence-electron chi connectivity index (χ4n) is 3.08. The van der Waals surface area contributed by atoms with E-state index in [1.807, 2.05) is 6.92 Å². The Hall–Kier alpha value is -3.34. The molecule has 0 bridgehead atoms. The number of aromatic nitrogens is 4. The van der Waals surface area contributed by atoms with Gasteiger partial charge in [-0.15, -0.1) is 0 Å². The van der Waals surface area contributed by atoms with E-state index in [2.05, 4.69) is 30.6 Å². The Kier molecular flexibility index (Phi) is 5.68. The summed E-state index contributed by atoms with van der Waals surface area (Å²) < 4.78 is 58.2. The average molecular weight is 434 g/mol. The summed E-state index contributed by atoms with van der Waals surface area (Å²) in [6.07, 6.45) is -2.15. The van der Waals surface area contributed by atoms with Crippen molar-refractivity contribution in [2.24, 2.45) is 5.92 Å². The monoisotopic (exact) mass is 434 g/mol. The maximum absolute atomic E-state index is 13.5. The van der Waals surface area contributed by atoms with Gasteiger partial charge in [0.25, 0.3) is 0 Å². The minimum atomic E-state index is -4.60. The molecule has 4 heterocycles. The molecule has 1 aliphatic heterocycles. The van der Waals surface area contributed by atoms with E-state index in [1.165, 1.54) is 24.4 Å². The number of rotatable bonds is 5. The molecule has 7 nitrogen and oxygen atoms in total. The molecule has 3 aromatic rings. The summed E-state index contributed by atoms with van der Waals surface area (Å²) in [6, 6.07) is 6.28. The summed E-state index contributed by atoms with van der Waals surface area (Å²) in [5.74, 6) is 0.265. The predicted octanol–water partition coefficient (Wildman–Crippen LogP) is 4.28. The number of nitrogens with one attached hydrogen (secondary N) is 2. The van der Waals surface area contributed by atoms with Crippen LogP contribution in [0, 0.1) is 11.7 Å². The van der Waals surface area contributed by atoms with Gasteiger partial charge in [-0.25, -0.2) is 19.3 Å². The average Bonchev–Trinajstić information content (AvgIpc) is 3.12. The highest BCUT2D eigenvalue weighted by atomic mass is 19.4. The molecule has 2 atom stereocenters. The van der Waals surface area contributed by atoms with Gasteiger partial charge in [0, 0.05) is 18.1 Å². The first-order chi connectivity index (χ1) is 14.8. The molecule has 0 aliphatic carbocycles. The smallest absolute Gasteiger partial charge is 0.379 e. The van der Waals surface area contributed by atoms with E-state index in [0.717, 1.165) is 12.3 Å². The predicted molar refractivity (Wildman–Crippen MR) is 105 cm³/mol. The van der Waals surface area contributed by atoms with Crippen molar-refractivity contribution >= 4 is 17.3 Å². The van der Waals surface area contributed by atoms with Crippen molar-refractivity contribution in [3.8, 4) is 11.5 Å². The third kappa shape index (κ3) is 5.05. The minimum absolute atomic E-state index is 0.0190. The Bertz CT molecular complexity index is 1080. The molecular formula is C20H18F4N6O. The summed E-state index contributed by atoms with van der Waals surface area (Å²) in [5, 5.41) is 6.13. The second kappa shape index (κ2) is 8.42. The van der Waals surface area contributed by atoms with E-state index in [9.17, 15) is 17.6 Å². The quantitative estimate of drug-likeness (QED) is 0.580. The van der Waals surface area contributed by atoms with Crippen LogP contribution in [-0.4, -0.2) is 39.2 Å². The first-order valence-electron chi connectivity index (χ1n) is 9.43. The van der Waals surface area contributed by atoms with Gasteiger partial charge in [-0.3, -0.25) is 4.98 Å². The molecule has 0 radical (unpaired) electrons. The lowest BCUT2D eigenvalue weighted by atomic mass is 10.1. The fraction of sp³-hybridized carbons (Fsp3) is 0.300. The molecule has 1 aliphatic rings. The molecule has 2 N–H and O–H groups in total. The number of halogens is 4. The SMILES string of the molecule is CC1COCC1Nc1cc(Nc2cncc(F)c2)nc(-c2cccc(C(F)(F)F)n2)n1. The summed E-state index contributed by atoms with van der Waals surface area (Å²) in [5.41, 5.74) is -0.770. The van der Waals surface area contributed by atoms with Crippen LogP contribution in [-0.2, 0) is 10.9 Å². The summed E-state index contributed by atoms with van der Waals surface area (Å²) in [7, 11) is 0. The van der Waals surface area contributed by atoms with Crippen LogP contribution < -0.4 is 10.6 Å². The van der Waals surface area contributed by atoms with Crippen LogP contribution in [0.25, 0.3) is 11.5 Å². The fourth-order valence-corrected chi connectivity index (χ4v) is 3.08. The normalized spacial score (nSPS) is 18.7. The molecule has 0 spiro atoms. The zero-order valence-electron chi connectivity index (χ0n) is 16.3. The van der Waals surface area contributed by atoms with Crippen molar-refractivity contribution in [1.82, 2.24) is 19.9 Å². The van der Waals surface area contributed by atoms with E-state index >= 15 is 0 Å². The maximum atomic E-state index is 13.5. The highest BCUT2D eigenvalue weighted by Crippen LogP contribution is 2.30. The van der Waals surface area contributed by atoms with Gasteiger partial charge >= 0.3 is 6.18 Å². The third-order valence-corrected chi connectivity index (χ3v) is 4.67. The molecule has 3 aromatic heterocycles. The Morgan fingerprint density at radius 1 is 1.03 bits per heavy atom. The molecule has 0 aromatic carbocycles. The Balaban J connectivity index is 1.72. The lowest BCUT2D eigenvalue weighted by molar-refractivity contribution is -0.141. The molecule has 0 saturated carbocycles. The summed E-state index contributed by atoms with van der Waals surface area (Å²) in [4.78, 5) is 16.0. The molecule has 1 fully saturated rings. The van der Waals surface area contributed by atoms with Crippen molar-refractivity contribution in [3.05, 3.63) is 54.2 Å². The van der Waals surface area contributed by atoms with Crippen LogP contribution in [0.1, 0.15) is 12.6 Å². The van der Waals surface area contributed by atoms with Gasteiger partial charge in [0.15, 0.2) is 5.82 Å². The third-order valence-electron chi connectivity index (χ3n) is 4.67. The zero-order chi connectivity index (χ0) is 22.0. The van der Waals surface area contributed by atoms with E-state index in [0.29, 0.717) is 24.7 Å². The number of ether oxygens (including phenoxy) is 1. The molecule has 11 heteroatoms. The van der Waals surface area contributed by atoms with Gasteiger partial charge in [-0.1, -0.05) is 13.0 Å². The molecule has 4 rings (SSSR count). The van der Waals surface area contributed by atoms with Crippen LogP contribution in [0.3, 0.4) is 0 Å². The number of anilines is 3. The molecule has 162 valence electrons. The number of nitrogens with zero attached hydrogens (tertiary/aromatic N) is 4. The second-order valence-corrected chi connectivity index (χ2v) is 7.15. The van der Waals surface area contributed by atoms with Gasteiger partial charge in [0.1, 0.15) is 28.8 Å². The standard InChI is InChI=1S/C20H18F4N6O/c1-11-9-31-10-15(11)28-18-6-17(26-13-5-12(21)7-25-8-13)29-19(30-18)14-3-2-4-16(27-14)20(22,23)24/h2-8,11,15H,9-10H2,1H3,(H2,26,28,29,30). The Morgan fingerprint density at radius 3 is 2.55 bits per heavy atom. The molecule has 31 heavy (non-hydrogen) atoms. The van der Waals surface area contributed by atoms with E-state index in [-0.39, 0.29) is 29.3 Å². The van der Waals surface area contributed by atoms with Gasteiger partial charge < -0.3 is 15.4 Å². The second-order valence-electron chi connectivity index (χ2n) is 7.15. The highest BCUT2D eigenvalue weighted by Gasteiger charge is 2.33. The van der Waals surface area contributed by atoms with Crippen molar-refractivity contribution in [2.75, 3.05) is 23.8 Å². The van der Waals surface area contributed by atoms with Gasteiger partial charge in [-0.2, -0.15) is 13.2 Å². The molecule has 2 unspecified atom stereocenters. The minimum Gasteiger partial charge on any atom is -0.379 e. The van der Waals surface area contributed by atoms with Crippen LogP contribution in [0.15, 0.2) is 42.7 Å². The van der Waals surface area contributed by atoms with Gasteiger partial charge in [0.2, 0.25) is 0 Å². The number of hydrogen-bond acceptors (Lipinski definition) is 7. The van der Waals surface area contributed by atoms with E-state index in [1.54, 1.807) is 6.07 Å². The van der Waals surface area contributed by atoms with Crippen LogP contribution in [0.5, 0.6) is 0 Å². The maximum Gasteiger partial charge on any atom is 0.433 e. The molecule has 1 saturated heterocycles. The number of pyridine rings is 2. The number of hydrogen-bond donors (Lipinski definition) is 2. The summed E-state index contributed by atoms with van der Waals surface area (Å²) >= 11 is 0. The number of alkyl halides is 3. The van der Waals surface area contributed by atoms with Crippen LogP contribution in [0.4, 0.5) is 34.9 Å². The first-order valence-corrected chi connectivity index (χ1v) is 9.43. The zero-order valence-corrected chi connectivity index (χ0v) is 16.3. The van der Waals surface area contributed by atoms with E-state index < -0.39 is 17.7 Å². The molecule has 0 amide bonds. The topological polar surface area (TPSA) is 84.9 Å². The van der Waals surface area contributed by atoms with Crippen molar-refractivity contribution in [2.45, 2.75) is 19.1 Å². The molecular weight excluding hydrogens is 416 g/mol. The van der Waals surface area contributed by atoms with Gasteiger partial charge in [0.05, 0.1) is 37.3 Å². The Labute approximate surface area is 174 Å². The van der Waals surface area contributed by atoms with Crippen molar-refractivity contribution in [1.29, 1.82) is 0 Å². The lowest BCUT2D eigenvalue weighted by Gasteiger charge is -2.17. The Morgan fingerprint density at radius 2 is 1.84 bits per heavy atom. The highest BCUT2D eigenvalue weighted by molar-refractivity contribution is 5.63. The largest absolute Gasteiger partial charge is 0.433 e. The van der Waals surface area contributed by atoms with Crippen LogP contribution >= 0.6 is 0 Å². The summed E-state index contributed by atoms with van der Waals surface area (Å²) in [6.45, 7) is 3.07. The van der Waals surface area contributed by atoms with E-state index in [4.69, 9.17) is 4.74 Å².